The number of rotatable bonds is 8. The Morgan fingerprint density at radius 1 is 1.12 bits per heavy atom. The van der Waals surface area contributed by atoms with Gasteiger partial charge in [-0.25, -0.2) is 4.79 Å². The normalized spacial score (nSPS) is 12.0. The standard InChI is InChI=1S/C18H24N2O4/c1-13(2)11-19-17(22)12-24-18(23)14(3)20-16(21)10-9-15-7-5-4-6-8-15/h4-10,13-14H,11-12H2,1-3H3,(H,19,22)(H,20,21)/b10-9+/t14-/m0/s1. The van der Waals surface area contributed by atoms with E-state index in [1.54, 1.807) is 6.08 Å². The average Bonchev–Trinajstić information content (AvgIpc) is 2.56. The highest BCUT2D eigenvalue weighted by molar-refractivity contribution is 5.94. The van der Waals surface area contributed by atoms with Crippen LogP contribution < -0.4 is 10.6 Å². The van der Waals surface area contributed by atoms with Crippen molar-refractivity contribution in [3.8, 4) is 0 Å². The molecule has 2 N–H and O–H groups in total. The van der Waals surface area contributed by atoms with Crippen LogP contribution in [0.25, 0.3) is 6.08 Å². The summed E-state index contributed by atoms with van der Waals surface area (Å²) in [4.78, 5) is 35.0. The molecule has 130 valence electrons. The van der Waals surface area contributed by atoms with E-state index in [0.29, 0.717) is 12.5 Å². The third-order valence-corrected chi connectivity index (χ3v) is 2.99. The van der Waals surface area contributed by atoms with Crippen LogP contribution in [0.4, 0.5) is 0 Å². The van der Waals surface area contributed by atoms with Crippen molar-refractivity contribution in [2.24, 2.45) is 5.92 Å². The Bertz CT molecular complexity index is 582. The number of carbonyl (C=O) groups is 3. The first-order valence-electron chi connectivity index (χ1n) is 7.85. The molecule has 24 heavy (non-hydrogen) atoms. The maximum atomic E-state index is 11.8. The molecular weight excluding hydrogens is 308 g/mol. The van der Waals surface area contributed by atoms with Gasteiger partial charge in [-0.2, -0.15) is 0 Å². The predicted molar refractivity (Wildman–Crippen MR) is 91.9 cm³/mol. The molecule has 0 bridgehead atoms. The topological polar surface area (TPSA) is 84.5 Å². The zero-order valence-electron chi connectivity index (χ0n) is 14.2. The molecule has 6 heteroatoms. The highest BCUT2D eigenvalue weighted by Crippen LogP contribution is 2.00. The molecule has 6 nitrogen and oxygen atoms in total. The molecule has 0 aliphatic heterocycles. The van der Waals surface area contributed by atoms with Crippen LogP contribution in [0.2, 0.25) is 0 Å². The first-order valence-corrected chi connectivity index (χ1v) is 7.85. The highest BCUT2D eigenvalue weighted by Gasteiger charge is 2.17. The Kier molecular flexibility index (Phi) is 8.25. The van der Waals surface area contributed by atoms with Crippen LogP contribution in [-0.2, 0) is 19.1 Å². The summed E-state index contributed by atoms with van der Waals surface area (Å²) in [6.07, 6.45) is 2.99. The van der Waals surface area contributed by atoms with Gasteiger partial charge in [0.2, 0.25) is 5.91 Å². The van der Waals surface area contributed by atoms with E-state index in [4.69, 9.17) is 4.74 Å². The number of hydrogen-bond acceptors (Lipinski definition) is 4. The molecule has 0 aliphatic carbocycles. The van der Waals surface area contributed by atoms with Crippen molar-refractivity contribution in [1.82, 2.24) is 10.6 Å². The summed E-state index contributed by atoms with van der Waals surface area (Å²) in [5, 5.41) is 5.13. The molecule has 0 aliphatic rings. The van der Waals surface area contributed by atoms with Crippen molar-refractivity contribution in [1.29, 1.82) is 0 Å². The quantitative estimate of drug-likeness (QED) is 0.558. The van der Waals surface area contributed by atoms with Gasteiger partial charge in [0.1, 0.15) is 6.04 Å². The largest absolute Gasteiger partial charge is 0.454 e. The maximum Gasteiger partial charge on any atom is 0.328 e. The van der Waals surface area contributed by atoms with Gasteiger partial charge in [0.15, 0.2) is 6.61 Å². The summed E-state index contributed by atoms with van der Waals surface area (Å²) < 4.78 is 4.87. The van der Waals surface area contributed by atoms with Gasteiger partial charge in [0, 0.05) is 12.6 Å². The van der Waals surface area contributed by atoms with Gasteiger partial charge in [0.25, 0.3) is 5.91 Å². The van der Waals surface area contributed by atoms with Crippen molar-refractivity contribution < 1.29 is 19.1 Å². The third-order valence-electron chi connectivity index (χ3n) is 2.99. The molecule has 0 saturated carbocycles. The molecule has 0 aromatic heterocycles. The first-order chi connectivity index (χ1) is 11.4. The van der Waals surface area contributed by atoms with E-state index in [0.717, 1.165) is 5.56 Å². The summed E-state index contributed by atoms with van der Waals surface area (Å²) in [5.74, 6) is -1.11. The SMILES string of the molecule is CC(C)CNC(=O)COC(=O)[C@H](C)NC(=O)/C=C/c1ccccc1. The Morgan fingerprint density at radius 3 is 2.42 bits per heavy atom. The molecule has 2 amide bonds. The number of hydrogen-bond donors (Lipinski definition) is 2. The summed E-state index contributed by atoms with van der Waals surface area (Å²) in [6, 6.07) is 8.49. The van der Waals surface area contributed by atoms with E-state index < -0.39 is 17.9 Å². The summed E-state index contributed by atoms with van der Waals surface area (Å²) >= 11 is 0. The maximum absolute atomic E-state index is 11.8. The second-order valence-corrected chi connectivity index (χ2v) is 5.78. The van der Waals surface area contributed by atoms with E-state index in [9.17, 15) is 14.4 Å². The number of esters is 1. The van der Waals surface area contributed by atoms with Gasteiger partial charge in [-0.05, 0) is 24.5 Å². The number of ether oxygens (including phenoxy) is 1. The van der Waals surface area contributed by atoms with E-state index in [1.165, 1.54) is 13.0 Å². The van der Waals surface area contributed by atoms with Crippen LogP contribution in [0.15, 0.2) is 36.4 Å². The lowest BCUT2D eigenvalue weighted by Crippen LogP contribution is -2.40. The highest BCUT2D eigenvalue weighted by atomic mass is 16.5. The van der Waals surface area contributed by atoms with Gasteiger partial charge in [-0.1, -0.05) is 44.2 Å². The van der Waals surface area contributed by atoms with Gasteiger partial charge in [-0.15, -0.1) is 0 Å². The monoisotopic (exact) mass is 332 g/mol. The lowest BCUT2D eigenvalue weighted by Gasteiger charge is -2.12. The van der Waals surface area contributed by atoms with Crippen LogP contribution >= 0.6 is 0 Å². The average molecular weight is 332 g/mol. The van der Waals surface area contributed by atoms with Gasteiger partial charge in [0.05, 0.1) is 0 Å². The Morgan fingerprint density at radius 2 is 1.79 bits per heavy atom. The minimum atomic E-state index is -0.837. The molecule has 1 rings (SSSR count). The van der Waals surface area contributed by atoms with Crippen LogP contribution in [0, 0.1) is 5.92 Å². The van der Waals surface area contributed by atoms with Crippen LogP contribution in [-0.4, -0.2) is 37.0 Å². The number of nitrogens with one attached hydrogen (secondary N) is 2. The summed E-state index contributed by atoms with van der Waals surface area (Å²) in [7, 11) is 0. The van der Waals surface area contributed by atoms with Crippen molar-refractivity contribution in [2.45, 2.75) is 26.8 Å². The van der Waals surface area contributed by atoms with E-state index in [2.05, 4.69) is 10.6 Å². The lowest BCUT2D eigenvalue weighted by atomic mass is 10.2. The zero-order chi connectivity index (χ0) is 17.9. The molecule has 0 saturated heterocycles. The molecule has 1 aromatic rings. The second-order valence-electron chi connectivity index (χ2n) is 5.78. The fourth-order valence-electron chi connectivity index (χ4n) is 1.69. The molecular formula is C18H24N2O4. The second kappa shape index (κ2) is 10.2. The van der Waals surface area contributed by atoms with Crippen molar-refractivity contribution in [3.05, 3.63) is 42.0 Å². The smallest absolute Gasteiger partial charge is 0.328 e. The third kappa shape index (κ3) is 8.12. The fraction of sp³-hybridized carbons (Fsp3) is 0.389. The van der Waals surface area contributed by atoms with E-state index in [-0.39, 0.29) is 12.5 Å². The Labute approximate surface area is 142 Å². The molecule has 0 fully saturated rings. The fourth-order valence-corrected chi connectivity index (χ4v) is 1.69. The van der Waals surface area contributed by atoms with Crippen molar-refractivity contribution in [2.75, 3.05) is 13.2 Å². The van der Waals surface area contributed by atoms with Crippen LogP contribution in [0.5, 0.6) is 0 Å². The van der Waals surface area contributed by atoms with Crippen molar-refractivity contribution in [3.63, 3.8) is 0 Å². The number of amides is 2. The minimum Gasteiger partial charge on any atom is -0.454 e. The Balaban J connectivity index is 2.34. The number of benzene rings is 1. The minimum absolute atomic E-state index is 0.319. The predicted octanol–water partition coefficient (Wildman–Crippen LogP) is 1.52. The Hall–Kier alpha value is -2.63. The molecule has 1 aromatic carbocycles. The van der Waals surface area contributed by atoms with Gasteiger partial charge < -0.3 is 15.4 Å². The van der Waals surface area contributed by atoms with Gasteiger partial charge in [-0.3, -0.25) is 9.59 Å². The molecule has 0 spiro atoms. The number of carbonyl (C=O) groups excluding carboxylic acids is 3. The van der Waals surface area contributed by atoms with E-state index in [1.807, 2.05) is 44.2 Å². The first kappa shape index (κ1) is 19.4. The summed E-state index contributed by atoms with van der Waals surface area (Å²) in [6.45, 7) is 5.60. The molecule has 0 heterocycles. The zero-order valence-corrected chi connectivity index (χ0v) is 14.2. The van der Waals surface area contributed by atoms with E-state index >= 15 is 0 Å². The van der Waals surface area contributed by atoms with Crippen LogP contribution in [0.1, 0.15) is 26.3 Å². The molecule has 1 atom stereocenters. The lowest BCUT2D eigenvalue weighted by molar-refractivity contribution is -0.151. The molecule has 0 radical (unpaired) electrons. The molecule has 0 unspecified atom stereocenters. The van der Waals surface area contributed by atoms with Crippen molar-refractivity contribution >= 4 is 23.9 Å². The van der Waals surface area contributed by atoms with Gasteiger partial charge >= 0.3 is 5.97 Å². The summed E-state index contributed by atoms with van der Waals surface area (Å²) in [5.41, 5.74) is 0.879. The van der Waals surface area contributed by atoms with Crippen LogP contribution in [0.3, 0.4) is 0 Å².